The quantitative estimate of drug-likeness (QED) is 0.364. The predicted octanol–water partition coefficient (Wildman–Crippen LogP) is 6.43. The van der Waals surface area contributed by atoms with Crippen LogP contribution in [0.25, 0.3) is 10.9 Å². The van der Waals surface area contributed by atoms with Crippen molar-refractivity contribution in [1.29, 1.82) is 0 Å². The van der Waals surface area contributed by atoms with Crippen molar-refractivity contribution in [3.63, 3.8) is 0 Å². The van der Waals surface area contributed by atoms with Crippen molar-refractivity contribution in [2.75, 3.05) is 32.5 Å². The Morgan fingerprint density at radius 1 is 1.14 bits per heavy atom. The summed E-state index contributed by atoms with van der Waals surface area (Å²) in [7, 11) is 1.70. The van der Waals surface area contributed by atoms with Gasteiger partial charge in [-0.05, 0) is 93.2 Å². The van der Waals surface area contributed by atoms with Gasteiger partial charge >= 0.3 is 5.97 Å². The number of thioether (sulfide) groups is 1. The van der Waals surface area contributed by atoms with E-state index >= 15 is 0 Å². The molecule has 1 saturated heterocycles. The molecule has 2 fully saturated rings. The van der Waals surface area contributed by atoms with Gasteiger partial charge in [-0.3, -0.25) is 9.78 Å². The molecule has 0 spiro atoms. The molecule has 35 heavy (non-hydrogen) atoms. The third kappa shape index (κ3) is 7.85. The number of methoxy groups -OCH3 is 1. The Morgan fingerprint density at radius 2 is 2.00 bits per heavy atom. The van der Waals surface area contributed by atoms with Gasteiger partial charge in [-0.2, -0.15) is 11.8 Å². The highest BCUT2D eigenvalue weighted by molar-refractivity contribution is 7.99. The number of carboxylic acid groups (broad SMARTS) is 1. The minimum atomic E-state index is -0.661. The maximum Gasteiger partial charge on any atom is 0.303 e. The molecule has 192 valence electrons. The number of hydrogen-bond acceptors (Lipinski definition) is 5. The van der Waals surface area contributed by atoms with E-state index in [9.17, 15) is 9.90 Å². The molecule has 0 bridgehead atoms. The fourth-order valence-electron chi connectivity index (χ4n) is 6.04. The highest BCUT2D eigenvalue weighted by Crippen LogP contribution is 2.33. The maximum absolute atomic E-state index is 11.3. The summed E-state index contributed by atoms with van der Waals surface area (Å²) in [4.78, 5) is 18.4. The van der Waals surface area contributed by atoms with E-state index in [1.54, 1.807) is 7.11 Å². The molecule has 1 aromatic carbocycles. The largest absolute Gasteiger partial charge is 0.497 e. The van der Waals surface area contributed by atoms with Crippen LogP contribution in [-0.4, -0.2) is 58.7 Å². The molecule has 1 N–H and O–H groups in total. The van der Waals surface area contributed by atoms with Gasteiger partial charge < -0.3 is 14.7 Å². The van der Waals surface area contributed by atoms with Gasteiger partial charge in [0.2, 0.25) is 0 Å². The lowest BCUT2D eigenvalue weighted by molar-refractivity contribution is -0.137. The van der Waals surface area contributed by atoms with Crippen molar-refractivity contribution in [3.05, 3.63) is 36.0 Å². The average Bonchev–Trinajstić information content (AvgIpc) is 2.88. The molecule has 5 nitrogen and oxygen atoms in total. The first-order chi connectivity index (χ1) is 17.1. The normalized spacial score (nSPS) is 21.9. The third-order valence-electron chi connectivity index (χ3n) is 8.08. The fourth-order valence-corrected chi connectivity index (χ4v) is 7.40. The fraction of sp³-hybridized carbons (Fsp3) is 0.655. The van der Waals surface area contributed by atoms with Crippen molar-refractivity contribution >= 4 is 28.6 Å². The zero-order valence-corrected chi connectivity index (χ0v) is 22.1. The molecular formula is C29H42N2O3S. The van der Waals surface area contributed by atoms with Gasteiger partial charge in [-0.25, -0.2) is 0 Å². The molecule has 2 unspecified atom stereocenters. The van der Waals surface area contributed by atoms with Crippen molar-refractivity contribution in [2.45, 2.75) is 75.9 Å². The van der Waals surface area contributed by atoms with E-state index in [-0.39, 0.29) is 0 Å². The molecule has 1 aliphatic carbocycles. The third-order valence-corrected chi connectivity index (χ3v) is 9.44. The summed E-state index contributed by atoms with van der Waals surface area (Å²) in [6.45, 7) is 3.38. The number of hydrogen-bond donors (Lipinski definition) is 1. The van der Waals surface area contributed by atoms with Crippen LogP contribution in [0.1, 0.15) is 69.8 Å². The molecule has 1 aromatic heterocycles. The van der Waals surface area contributed by atoms with Crippen molar-refractivity contribution in [3.8, 4) is 5.75 Å². The van der Waals surface area contributed by atoms with Crippen LogP contribution in [0.3, 0.4) is 0 Å². The number of carboxylic acids is 1. The number of aryl methyl sites for hydroxylation is 1. The molecule has 1 aliphatic heterocycles. The highest BCUT2D eigenvalue weighted by Gasteiger charge is 2.29. The van der Waals surface area contributed by atoms with Gasteiger partial charge in [0.15, 0.2) is 0 Å². The van der Waals surface area contributed by atoms with Gasteiger partial charge in [-0.15, -0.1) is 0 Å². The lowest BCUT2D eigenvalue weighted by atomic mass is 9.79. The summed E-state index contributed by atoms with van der Waals surface area (Å²) in [5.41, 5.74) is 2.34. The van der Waals surface area contributed by atoms with E-state index in [1.165, 1.54) is 61.6 Å². The van der Waals surface area contributed by atoms with E-state index in [0.29, 0.717) is 18.3 Å². The summed E-state index contributed by atoms with van der Waals surface area (Å²) in [6, 6.07) is 8.23. The summed E-state index contributed by atoms with van der Waals surface area (Å²) in [5, 5.41) is 11.4. The molecule has 2 heterocycles. The van der Waals surface area contributed by atoms with Gasteiger partial charge in [0.25, 0.3) is 0 Å². The number of rotatable bonds is 12. The topological polar surface area (TPSA) is 62.7 Å². The van der Waals surface area contributed by atoms with Crippen LogP contribution in [0.5, 0.6) is 5.75 Å². The molecule has 0 radical (unpaired) electrons. The number of nitrogens with zero attached hydrogens (tertiary/aromatic N) is 2. The summed E-state index contributed by atoms with van der Waals surface area (Å²) in [6.07, 6.45) is 14.5. The Labute approximate surface area is 215 Å². The van der Waals surface area contributed by atoms with Crippen LogP contribution < -0.4 is 4.74 Å². The van der Waals surface area contributed by atoms with E-state index in [0.717, 1.165) is 55.4 Å². The Bertz CT molecular complexity index is 947. The van der Waals surface area contributed by atoms with E-state index in [1.807, 2.05) is 18.3 Å². The minimum absolute atomic E-state index is 0.292. The number of ether oxygens (including phenoxy) is 1. The van der Waals surface area contributed by atoms with Crippen LogP contribution in [0.2, 0.25) is 0 Å². The second kappa shape index (κ2) is 13.5. The number of likely N-dealkylation sites (tertiary alicyclic amines) is 1. The Morgan fingerprint density at radius 3 is 2.80 bits per heavy atom. The SMILES string of the molecule is COc1ccc2nccc(CCCC3CCN(CCSC4CCCCC4)CC3CCC(=O)O)c2c1. The van der Waals surface area contributed by atoms with Crippen molar-refractivity contribution in [2.24, 2.45) is 11.8 Å². The number of carbonyl (C=O) groups is 1. The first-order valence-electron chi connectivity index (χ1n) is 13.6. The van der Waals surface area contributed by atoms with Gasteiger partial charge in [0, 0.05) is 42.1 Å². The molecule has 0 amide bonds. The maximum atomic E-state index is 11.3. The van der Waals surface area contributed by atoms with Crippen molar-refractivity contribution in [1.82, 2.24) is 9.88 Å². The Hall–Kier alpha value is -1.79. The zero-order chi connectivity index (χ0) is 24.5. The standard InChI is InChI=1S/C29H42N2O3S/c1-34-25-11-12-28-27(20-25)23(14-16-30-28)7-5-6-22-15-17-31(21-24(22)10-13-29(32)33)18-19-35-26-8-3-2-4-9-26/h11-12,14,16,20,22,24,26H,2-10,13,15,17-19,21H2,1H3,(H,32,33). The zero-order valence-electron chi connectivity index (χ0n) is 21.3. The molecule has 2 atom stereocenters. The molecule has 2 aromatic rings. The minimum Gasteiger partial charge on any atom is -0.497 e. The number of aromatic nitrogens is 1. The van der Waals surface area contributed by atoms with Gasteiger partial charge in [0.1, 0.15) is 5.75 Å². The van der Waals surface area contributed by atoms with Crippen LogP contribution in [0.15, 0.2) is 30.5 Å². The lowest BCUT2D eigenvalue weighted by Gasteiger charge is -2.39. The van der Waals surface area contributed by atoms with Gasteiger partial charge in [0.05, 0.1) is 12.6 Å². The second-order valence-electron chi connectivity index (χ2n) is 10.4. The number of piperidine rings is 1. The molecular weight excluding hydrogens is 456 g/mol. The second-order valence-corrected chi connectivity index (χ2v) is 11.8. The highest BCUT2D eigenvalue weighted by atomic mass is 32.2. The first-order valence-corrected chi connectivity index (χ1v) is 14.6. The van der Waals surface area contributed by atoms with Crippen LogP contribution in [0, 0.1) is 11.8 Å². The molecule has 6 heteroatoms. The Kier molecular flexibility index (Phi) is 10.1. The summed E-state index contributed by atoms with van der Waals surface area (Å²) in [5.74, 6) is 2.55. The van der Waals surface area contributed by atoms with Crippen LogP contribution >= 0.6 is 11.8 Å². The number of aliphatic carboxylic acids is 1. The van der Waals surface area contributed by atoms with E-state index in [4.69, 9.17) is 4.74 Å². The van der Waals surface area contributed by atoms with Crippen molar-refractivity contribution < 1.29 is 14.6 Å². The monoisotopic (exact) mass is 498 g/mol. The van der Waals surface area contributed by atoms with Crippen LogP contribution in [0.4, 0.5) is 0 Å². The van der Waals surface area contributed by atoms with E-state index < -0.39 is 5.97 Å². The van der Waals surface area contributed by atoms with Gasteiger partial charge in [-0.1, -0.05) is 19.3 Å². The van der Waals surface area contributed by atoms with Crippen LogP contribution in [-0.2, 0) is 11.2 Å². The smallest absolute Gasteiger partial charge is 0.303 e. The number of benzene rings is 1. The Balaban J connectivity index is 1.29. The summed E-state index contributed by atoms with van der Waals surface area (Å²) < 4.78 is 5.43. The van der Waals surface area contributed by atoms with E-state index in [2.05, 4.69) is 33.8 Å². The molecule has 1 saturated carbocycles. The average molecular weight is 499 g/mol. The molecule has 2 aliphatic rings. The molecule has 4 rings (SSSR count). The first kappa shape index (κ1) is 26.3. The number of pyridine rings is 1. The summed E-state index contributed by atoms with van der Waals surface area (Å²) >= 11 is 2.18. The number of fused-ring (bicyclic) bond motifs is 1. The predicted molar refractivity (Wildman–Crippen MR) is 145 cm³/mol. The lowest BCUT2D eigenvalue weighted by Crippen LogP contribution is -2.41.